The fourth-order valence-electron chi connectivity index (χ4n) is 1.33. The van der Waals surface area contributed by atoms with Gasteiger partial charge in [0.2, 0.25) is 5.91 Å². The fraction of sp³-hybridized carbons (Fsp3) is 0.200. The van der Waals surface area contributed by atoms with Crippen LogP contribution in [0.2, 0.25) is 0 Å². The number of carbonyl (C=O) groups is 1. The Hall–Kier alpha value is -2.44. The van der Waals surface area contributed by atoms with E-state index in [-0.39, 0.29) is 6.54 Å². The van der Waals surface area contributed by atoms with Gasteiger partial charge in [-0.05, 0) is 0 Å². The number of aromatic nitrogens is 4. The lowest BCUT2D eigenvalue weighted by Gasteiger charge is -2.01. The highest BCUT2D eigenvalue weighted by molar-refractivity contribution is 5.73. The van der Waals surface area contributed by atoms with Crippen LogP contribution in [-0.2, 0) is 17.9 Å². The largest absolute Gasteiger partial charge is 0.378 e. The summed E-state index contributed by atoms with van der Waals surface area (Å²) < 4.78 is 1.48. The van der Waals surface area contributed by atoms with E-state index in [4.69, 9.17) is 5.73 Å². The Balaban J connectivity index is 1.91. The molecule has 3 N–H and O–H groups in total. The second kappa shape index (κ2) is 5.06. The van der Waals surface area contributed by atoms with E-state index < -0.39 is 5.91 Å². The molecule has 7 heteroatoms. The number of hydrogen-bond donors (Lipinski definition) is 2. The van der Waals surface area contributed by atoms with Crippen molar-refractivity contribution < 1.29 is 4.79 Å². The Kier molecular flexibility index (Phi) is 3.29. The van der Waals surface area contributed by atoms with E-state index in [1.54, 1.807) is 24.8 Å². The molecule has 0 aromatic carbocycles. The first-order valence-electron chi connectivity index (χ1n) is 5.02. The number of anilines is 1. The minimum Gasteiger partial charge on any atom is -0.378 e. The number of primary amides is 1. The topological polar surface area (TPSA) is 98.7 Å². The first-order chi connectivity index (χ1) is 8.24. The van der Waals surface area contributed by atoms with Gasteiger partial charge in [0, 0.05) is 30.7 Å². The van der Waals surface area contributed by atoms with Crippen LogP contribution >= 0.6 is 0 Å². The summed E-state index contributed by atoms with van der Waals surface area (Å²) in [6.45, 7) is 0.680. The highest BCUT2D eigenvalue weighted by atomic mass is 16.1. The predicted octanol–water partition coefficient (Wildman–Crippen LogP) is -0.230. The summed E-state index contributed by atoms with van der Waals surface area (Å²) in [5.74, 6) is -0.420. The van der Waals surface area contributed by atoms with Crippen LogP contribution < -0.4 is 11.1 Å². The van der Waals surface area contributed by atoms with E-state index in [9.17, 15) is 4.79 Å². The van der Waals surface area contributed by atoms with Crippen molar-refractivity contribution in [2.45, 2.75) is 13.1 Å². The Morgan fingerprint density at radius 1 is 1.35 bits per heavy atom. The molecule has 2 aromatic rings. The summed E-state index contributed by atoms with van der Waals surface area (Å²) in [5.41, 5.74) is 6.84. The van der Waals surface area contributed by atoms with Gasteiger partial charge < -0.3 is 11.1 Å². The zero-order valence-electron chi connectivity index (χ0n) is 9.08. The maximum absolute atomic E-state index is 10.7. The minimum absolute atomic E-state index is 0.0795. The Bertz CT molecular complexity index is 495. The highest BCUT2D eigenvalue weighted by Crippen LogP contribution is 2.06. The molecule has 7 nitrogen and oxygen atoms in total. The molecule has 0 bridgehead atoms. The second-order valence-corrected chi connectivity index (χ2v) is 3.49. The van der Waals surface area contributed by atoms with Crippen LogP contribution in [-0.4, -0.2) is 25.7 Å². The molecule has 0 saturated heterocycles. The van der Waals surface area contributed by atoms with Gasteiger partial charge in [-0.3, -0.25) is 9.48 Å². The molecule has 1 amide bonds. The zero-order valence-corrected chi connectivity index (χ0v) is 9.08. The van der Waals surface area contributed by atoms with E-state index in [2.05, 4.69) is 20.4 Å². The maximum atomic E-state index is 10.7. The number of nitrogens with zero attached hydrogens (tertiary/aromatic N) is 4. The molecule has 88 valence electrons. The summed E-state index contributed by atoms with van der Waals surface area (Å²) in [4.78, 5) is 18.5. The summed E-state index contributed by atoms with van der Waals surface area (Å²) in [6, 6.07) is 0. The Morgan fingerprint density at radius 2 is 2.12 bits per heavy atom. The number of hydrogen-bond acceptors (Lipinski definition) is 5. The van der Waals surface area contributed by atoms with Crippen LogP contribution in [0.5, 0.6) is 0 Å². The standard InChI is InChI=1S/C10H12N6O/c11-10(17)6-16-5-9(4-15-16)14-3-8-1-12-7-13-2-8/h1-2,4-5,7,14H,3,6H2,(H2,11,17). The lowest BCUT2D eigenvalue weighted by Crippen LogP contribution is -2.18. The molecule has 2 heterocycles. The van der Waals surface area contributed by atoms with Gasteiger partial charge in [0.25, 0.3) is 0 Å². The monoisotopic (exact) mass is 232 g/mol. The summed E-state index contributed by atoms with van der Waals surface area (Å²) in [7, 11) is 0. The highest BCUT2D eigenvalue weighted by Gasteiger charge is 2.01. The molecule has 17 heavy (non-hydrogen) atoms. The van der Waals surface area contributed by atoms with Crippen molar-refractivity contribution in [2.24, 2.45) is 5.73 Å². The predicted molar refractivity (Wildman–Crippen MR) is 60.8 cm³/mol. The van der Waals surface area contributed by atoms with E-state index in [1.165, 1.54) is 11.0 Å². The molecule has 0 atom stereocenters. The molecule has 0 radical (unpaired) electrons. The number of amides is 1. The molecule has 0 saturated carbocycles. The number of rotatable bonds is 5. The molecule has 0 fully saturated rings. The average Bonchev–Trinajstić information content (AvgIpc) is 2.75. The van der Waals surface area contributed by atoms with Crippen molar-refractivity contribution in [3.63, 3.8) is 0 Å². The van der Waals surface area contributed by atoms with Crippen LogP contribution in [0, 0.1) is 0 Å². The Morgan fingerprint density at radius 3 is 2.82 bits per heavy atom. The quantitative estimate of drug-likeness (QED) is 0.742. The molecule has 0 unspecified atom stereocenters. The molecule has 0 aliphatic rings. The number of nitrogens with two attached hydrogens (primary N) is 1. The number of nitrogens with one attached hydrogen (secondary N) is 1. The third kappa shape index (κ3) is 3.26. The van der Waals surface area contributed by atoms with Gasteiger partial charge in [-0.2, -0.15) is 5.10 Å². The molecule has 0 spiro atoms. The summed E-state index contributed by atoms with van der Waals surface area (Å²) in [6.07, 6.45) is 8.29. The van der Waals surface area contributed by atoms with E-state index in [0.29, 0.717) is 6.54 Å². The van der Waals surface area contributed by atoms with Crippen molar-refractivity contribution >= 4 is 11.6 Å². The van der Waals surface area contributed by atoms with Crippen LogP contribution in [0.4, 0.5) is 5.69 Å². The first-order valence-corrected chi connectivity index (χ1v) is 5.02. The summed E-state index contributed by atoms with van der Waals surface area (Å²) >= 11 is 0. The van der Waals surface area contributed by atoms with Crippen LogP contribution in [0.25, 0.3) is 0 Å². The van der Waals surface area contributed by atoms with Crippen LogP contribution in [0.15, 0.2) is 31.1 Å². The molecule has 2 rings (SSSR count). The van der Waals surface area contributed by atoms with Gasteiger partial charge >= 0.3 is 0 Å². The fourth-order valence-corrected chi connectivity index (χ4v) is 1.33. The average molecular weight is 232 g/mol. The van der Waals surface area contributed by atoms with E-state index >= 15 is 0 Å². The van der Waals surface area contributed by atoms with Crippen molar-refractivity contribution in [3.8, 4) is 0 Å². The third-order valence-corrected chi connectivity index (χ3v) is 2.06. The lowest BCUT2D eigenvalue weighted by molar-refractivity contribution is -0.118. The molecule has 0 aliphatic heterocycles. The summed E-state index contributed by atoms with van der Waals surface area (Å²) in [5, 5.41) is 7.13. The Labute approximate surface area is 97.7 Å². The van der Waals surface area contributed by atoms with Crippen molar-refractivity contribution in [3.05, 3.63) is 36.7 Å². The van der Waals surface area contributed by atoms with Crippen LogP contribution in [0.1, 0.15) is 5.56 Å². The van der Waals surface area contributed by atoms with Gasteiger partial charge in [0.15, 0.2) is 0 Å². The SMILES string of the molecule is NC(=O)Cn1cc(NCc2cncnc2)cn1. The normalized spacial score (nSPS) is 10.1. The molecule has 0 aliphatic carbocycles. The molecular weight excluding hydrogens is 220 g/mol. The minimum atomic E-state index is -0.420. The van der Waals surface area contributed by atoms with E-state index in [0.717, 1.165) is 11.3 Å². The van der Waals surface area contributed by atoms with Crippen LogP contribution in [0.3, 0.4) is 0 Å². The first kappa shape index (κ1) is 11.1. The van der Waals surface area contributed by atoms with Gasteiger partial charge in [-0.1, -0.05) is 0 Å². The lowest BCUT2D eigenvalue weighted by atomic mass is 10.3. The number of carbonyl (C=O) groups excluding carboxylic acids is 1. The van der Waals surface area contributed by atoms with E-state index in [1.807, 2.05) is 0 Å². The van der Waals surface area contributed by atoms with Crippen molar-refractivity contribution in [2.75, 3.05) is 5.32 Å². The van der Waals surface area contributed by atoms with Crippen molar-refractivity contribution in [1.29, 1.82) is 0 Å². The van der Waals surface area contributed by atoms with Gasteiger partial charge in [0.1, 0.15) is 12.9 Å². The van der Waals surface area contributed by atoms with Gasteiger partial charge in [-0.25, -0.2) is 9.97 Å². The maximum Gasteiger partial charge on any atom is 0.239 e. The molecular formula is C10H12N6O. The zero-order chi connectivity index (χ0) is 12.1. The second-order valence-electron chi connectivity index (χ2n) is 3.49. The third-order valence-electron chi connectivity index (χ3n) is 2.06. The smallest absolute Gasteiger partial charge is 0.239 e. The van der Waals surface area contributed by atoms with Crippen molar-refractivity contribution in [1.82, 2.24) is 19.7 Å². The molecule has 2 aromatic heterocycles. The van der Waals surface area contributed by atoms with Gasteiger partial charge in [-0.15, -0.1) is 0 Å². The van der Waals surface area contributed by atoms with Gasteiger partial charge in [0.05, 0.1) is 11.9 Å².